The molecule has 0 atom stereocenters. The molecule has 0 saturated heterocycles. The number of aromatic nitrogens is 3. The molecule has 8 heteroatoms. The molecule has 0 spiro atoms. The lowest BCUT2D eigenvalue weighted by Gasteiger charge is -2.05. The molecule has 2 rings (SSSR count). The van der Waals surface area contributed by atoms with Crippen molar-refractivity contribution >= 4 is 17.4 Å². The number of pyridine rings is 1. The average molecular weight is 260 g/mol. The van der Waals surface area contributed by atoms with Gasteiger partial charge in [0.25, 0.3) is 5.91 Å². The quantitative estimate of drug-likeness (QED) is 0.539. The van der Waals surface area contributed by atoms with E-state index >= 15 is 0 Å². The van der Waals surface area contributed by atoms with Crippen LogP contribution in [0.15, 0.2) is 30.5 Å². The Morgan fingerprint density at radius 3 is 2.63 bits per heavy atom. The number of nitrogen functional groups attached to an aromatic ring is 1. The van der Waals surface area contributed by atoms with Gasteiger partial charge in [-0.25, -0.2) is 10.8 Å². The topological polar surface area (TPSA) is 115 Å². The number of methoxy groups -OCH3 is 1. The Kier molecular flexibility index (Phi) is 3.84. The summed E-state index contributed by atoms with van der Waals surface area (Å²) in [5, 5.41) is 10.1. The molecule has 0 aliphatic heterocycles. The number of nitrogens with two attached hydrogens (primary N) is 1. The largest absolute Gasteiger partial charge is 0.481 e. The van der Waals surface area contributed by atoms with E-state index in [0.717, 1.165) is 0 Å². The van der Waals surface area contributed by atoms with Gasteiger partial charge in [-0.05, 0) is 18.2 Å². The zero-order valence-corrected chi connectivity index (χ0v) is 10.1. The third-order valence-corrected chi connectivity index (χ3v) is 2.25. The van der Waals surface area contributed by atoms with Gasteiger partial charge in [-0.3, -0.25) is 4.79 Å². The van der Waals surface area contributed by atoms with Crippen LogP contribution in [0.2, 0.25) is 0 Å². The number of ether oxygens (including phenoxy) is 1. The SMILES string of the molecule is COc1ccc(NC(=O)c2ccc(NN)nn2)cn1. The monoisotopic (exact) mass is 260 g/mol. The first-order chi connectivity index (χ1) is 9.22. The zero-order chi connectivity index (χ0) is 13.7. The van der Waals surface area contributed by atoms with E-state index in [4.69, 9.17) is 10.6 Å². The minimum atomic E-state index is -0.386. The minimum Gasteiger partial charge on any atom is -0.481 e. The second-order valence-electron chi connectivity index (χ2n) is 3.49. The molecule has 0 radical (unpaired) electrons. The molecular weight excluding hydrogens is 248 g/mol. The van der Waals surface area contributed by atoms with E-state index in [2.05, 4.69) is 25.9 Å². The second kappa shape index (κ2) is 5.74. The maximum absolute atomic E-state index is 11.8. The highest BCUT2D eigenvalue weighted by Gasteiger charge is 2.08. The van der Waals surface area contributed by atoms with Gasteiger partial charge >= 0.3 is 0 Å². The van der Waals surface area contributed by atoms with E-state index in [-0.39, 0.29) is 11.6 Å². The molecule has 1 amide bonds. The lowest BCUT2D eigenvalue weighted by atomic mass is 10.3. The summed E-state index contributed by atoms with van der Waals surface area (Å²) in [5.74, 6) is 5.61. The number of anilines is 2. The molecular formula is C11H12N6O2. The van der Waals surface area contributed by atoms with Crippen molar-refractivity contribution in [3.8, 4) is 5.88 Å². The maximum atomic E-state index is 11.8. The molecule has 0 aliphatic rings. The maximum Gasteiger partial charge on any atom is 0.276 e. The van der Waals surface area contributed by atoms with Gasteiger partial charge in [0.15, 0.2) is 11.5 Å². The zero-order valence-electron chi connectivity index (χ0n) is 10.1. The summed E-state index contributed by atoms with van der Waals surface area (Å²) in [4.78, 5) is 15.8. The molecule has 0 bridgehead atoms. The fraction of sp³-hybridized carbons (Fsp3) is 0.0909. The Labute approximate surface area is 109 Å². The molecule has 98 valence electrons. The summed E-state index contributed by atoms with van der Waals surface area (Å²) in [6, 6.07) is 6.37. The lowest BCUT2D eigenvalue weighted by molar-refractivity contribution is 0.102. The Morgan fingerprint density at radius 2 is 2.11 bits per heavy atom. The summed E-state index contributed by atoms with van der Waals surface area (Å²) >= 11 is 0. The molecule has 2 aromatic rings. The summed E-state index contributed by atoms with van der Waals surface area (Å²) in [7, 11) is 1.52. The number of carbonyl (C=O) groups is 1. The molecule has 2 aromatic heterocycles. The van der Waals surface area contributed by atoms with Gasteiger partial charge in [-0.15, -0.1) is 10.2 Å². The van der Waals surface area contributed by atoms with Gasteiger partial charge in [-0.2, -0.15) is 0 Å². The summed E-state index contributed by atoms with van der Waals surface area (Å²) < 4.78 is 4.92. The standard InChI is InChI=1S/C11H12N6O2/c1-19-10-5-2-7(6-13-10)14-11(18)8-3-4-9(15-12)17-16-8/h2-6H,12H2,1H3,(H,14,18)(H,15,17). The minimum absolute atomic E-state index is 0.176. The van der Waals surface area contributed by atoms with Crippen LogP contribution in [0.3, 0.4) is 0 Å². The number of hydrogen-bond donors (Lipinski definition) is 3. The van der Waals surface area contributed by atoms with E-state index < -0.39 is 0 Å². The summed E-state index contributed by atoms with van der Waals surface area (Å²) in [5.41, 5.74) is 3.04. The van der Waals surface area contributed by atoms with Crippen LogP contribution < -0.4 is 21.3 Å². The average Bonchev–Trinajstić information content (AvgIpc) is 2.48. The van der Waals surface area contributed by atoms with Crippen LogP contribution in [0, 0.1) is 0 Å². The number of nitrogens with one attached hydrogen (secondary N) is 2. The lowest BCUT2D eigenvalue weighted by Crippen LogP contribution is -2.16. The number of carbonyl (C=O) groups excluding carboxylic acids is 1. The number of hydrazine groups is 1. The van der Waals surface area contributed by atoms with Gasteiger partial charge < -0.3 is 15.5 Å². The predicted molar refractivity (Wildman–Crippen MR) is 68.6 cm³/mol. The van der Waals surface area contributed by atoms with Crippen LogP contribution in [0.1, 0.15) is 10.5 Å². The van der Waals surface area contributed by atoms with Crippen molar-refractivity contribution in [1.82, 2.24) is 15.2 Å². The van der Waals surface area contributed by atoms with E-state index in [1.807, 2.05) is 0 Å². The predicted octanol–water partition coefficient (Wildman–Crippen LogP) is 0.418. The first-order valence-electron chi connectivity index (χ1n) is 5.34. The van der Waals surface area contributed by atoms with Crippen LogP contribution >= 0.6 is 0 Å². The van der Waals surface area contributed by atoms with Gasteiger partial charge in [0.1, 0.15) is 0 Å². The van der Waals surface area contributed by atoms with E-state index in [1.54, 1.807) is 18.2 Å². The molecule has 0 unspecified atom stereocenters. The third kappa shape index (κ3) is 3.13. The normalized spacial score (nSPS) is 9.79. The number of amides is 1. The first kappa shape index (κ1) is 12.7. The van der Waals surface area contributed by atoms with E-state index in [0.29, 0.717) is 17.4 Å². The van der Waals surface area contributed by atoms with Crippen LogP contribution in [0.4, 0.5) is 11.5 Å². The highest BCUT2D eigenvalue weighted by Crippen LogP contribution is 2.12. The highest BCUT2D eigenvalue weighted by atomic mass is 16.5. The van der Waals surface area contributed by atoms with Crippen LogP contribution in [0.25, 0.3) is 0 Å². The second-order valence-corrected chi connectivity index (χ2v) is 3.49. The smallest absolute Gasteiger partial charge is 0.276 e. The van der Waals surface area contributed by atoms with Crippen LogP contribution in [-0.4, -0.2) is 28.2 Å². The summed E-state index contributed by atoms with van der Waals surface area (Å²) in [6.45, 7) is 0. The van der Waals surface area contributed by atoms with Crippen molar-refractivity contribution in [1.29, 1.82) is 0 Å². The van der Waals surface area contributed by atoms with Crippen molar-refractivity contribution in [2.75, 3.05) is 17.9 Å². The number of hydrogen-bond acceptors (Lipinski definition) is 7. The van der Waals surface area contributed by atoms with Gasteiger partial charge in [0.05, 0.1) is 19.0 Å². The fourth-order valence-electron chi connectivity index (χ4n) is 1.30. The molecule has 8 nitrogen and oxygen atoms in total. The fourth-order valence-corrected chi connectivity index (χ4v) is 1.30. The van der Waals surface area contributed by atoms with Gasteiger partial charge in [0, 0.05) is 6.07 Å². The Hall–Kier alpha value is -2.74. The Balaban J connectivity index is 2.06. The van der Waals surface area contributed by atoms with Crippen LogP contribution in [-0.2, 0) is 0 Å². The van der Waals surface area contributed by atoms with E-state index in [9.17, 15) is 4.79 Å². The van der Waals surface area contributed by atoms with Crippen LogP contribution in [0.5, 0.6) is 5.88 Å². The molecule has 4 N–H and O–H groups in total. The Bertz CT molecular complexity index is 554. The van der Waals surface area contributed by atoms with Crippen molar-refractivity contribution in [2.45, 2.75) is 0 Å². The molecule has 2 heterocycles. The summed E-state index contributed by atoms with van der Waals surface area (Å²) in [6.07, 6.45) is 1.49. The first-order valence-corrected chi connectivity index (χ1v) is 5.34. The molecule has 0 saturated carbocycles. The van der Waals surface area contributed by atoms with Crippen molar-refractivity contribution in [2.24, 2.45) is 5.84 Å². The molecule has 0 aromatic carbocycles. The van der Waals surface area contributed by atoms with Crippen molar-refractivity contribution in [3.05, 3.63) is 36.2 Å². The highest BCUT2D eigenvalue weighted by molar-refractivity contribution is 6.02. The van der Waals surface area contributed by atoms with Crippen molar-refractivity contribution < 1.29 is 9.53 Å². The molecule has 0 fully saturated rings. The van der Waals surface area contributed by atoms with E-state index in [1.165, 1.54) is 19.4 Å². The third-order valence-electron chi connectivity index (χ3n) is 2.25. The van der Waals surface area contributed by atoms with Gasteiger partial charge in [0.2, 0.25) is 5.88 Å². The van der Waals surface area contributed by atoms with Crippen molar-refractivity contribution in [3.63, 3.8) is 0 Å². The molecule has 19 heavy (non-hydrogen) atoms. The Morgan fingerprint density at radius 1 is 1.26 bits per heavy atom. The number of rotatable bonds is 4. The molecule has 0 aliphatic carbocycles. The number of nitrogens with zero attached hydrogens (tertiary/aromatic N) is 3. The van der Waals surface area contributed by atoms with Gasteiger partial charge in [-0.1, -0.05) is 0 Å².